The summed E-state index contributed by atoms with van der Waals surface area (Å²) in [6.45, 7) is 9.66. The summed E-state index contributed by atoms with van der Waals surface area (Å²) in [7, 11) is 5.58. The van der Waals surface area contributed by atoms with E-state index in [1.54, 1.807) is 31.2 Å². The van der Waals surface area contributed by atoms with E-state index in [4.69, 9.17) is 33.0 Å². The van der Waals surface area contributed by atoms with Gasteiger partial charge in [-0.3, -0.25) is 43.4 Å². The molecule has 0 heterocycles. The second kappa shape index (κ2) is 140. The minimum absolute atomic E-state index is 0. The average Bonchev–Trinajstić information content (AvgIpc) is 3.42. The van der Waals surface area contributed by atoms with Crippen molar-refractivity contribution >= 4 is 54.2 Å². The Kier molecular flexibility index (Phi) is 269. The summed E-state index contributed by atoms with van der Waals surface area (Å²) in [4.78, 5) is 77.3. The Morgan fingerprint density at radius 3 is 0.650 bits per heavy atom. The molecular weight excluding hydrogens is 4770 g/mol. The number of methoxy groups -OCH3 is 4. The third-order valence-corrected chi connectivity index (χ3v) is 9.58. The summed E-state index contributed by atoms with van der Waals surface area (Å²) < 4.78 is 22.4. The molecule has 0 aliphatic carbocycles. The van der Waals surface area contributed by atoms with E-state index in [0.29, 0.717) is 12.8 Å². The fourth-order valence-corrected chi connectivity index (χ4v) is 5.83. The summed E-state index contributed by atoms with van der Waals surface area (Å²) in [5.74, 6) is -3.27. The van der Waals surface area contributed by atoms with Crippen LogP contribution in [0.3, 0.4) is 0 Å². The summed E-state index contributed by atoms with van der Waals surface area (Å²) in [6, 6.07) is 51.5. The monoisotopic (exact) mass is 4850 g/mol. The van der Waals surface area contributed by atoms with E-state index in [-0.39, 0.29) is 522 Å². The van der Waals surface area contributed by atoms with Crippen LogP contribution in [-0.4, -0.2) is 103 Å². The topological polar surface area (TPSA) is 454 Å². The molecule has 5 atom stereocenters. The molecule has 10 N–H and O–H groups in total. The number of nitrogens with zero attached hydrogens (tertiary/aromatic N) is 6. The third-order valence-electron chi connectivity index (χ3n) is 9.58. The number of benzene rings is 5. The molecule has 5 aromatic rings. The van der Waals surface area contributed by atoms with Gasteiger partial charge in [0, 0.05) is 393 Å². The van der Waals surface area contributed by atoms with Gasteiger partial charge in [-0.05, 0) is 32.1 Å². The number of carbonyl (C=O) groups excluding carboxylic acids is 6. The molecule has 0 amide bonds. The molecule has 0 aliphatic heterocycles. The van der Waals surface area contributed by atoms with E-state index in [0.717, 1.165) is 47.1 Å². The molecule has 0 unspecified atom stereocenters. The third kappa shape index (κ3) is 126. The van der Waals surface area contributed by atoms with Crippen molar-refractivity contribution in [2.24, 2.45) is 29.4 Å². The summed E-state index contributed by atoms with van der Waals surface area (Å²) in [6.07, 6.45) is 3.26. The predicted molar refractivity (Wildman–Crippen MR) is 308 cm³/mol. The zero-order chi connectivity index (χ0) is 59.0. The Labute approximate surface area is 911 Å². The number of esters is 6. The first-order valence-electron chi connectivity index (χ1n) is 23.3. The normalized spacial score (nSPS) is 8.26. The van der Waals surface area contributed by atoms with Crippen LogP contribution in [0.15, 0.2) is 121 Å². The van der Waals surface area contributed by atoms with Gasteiger partial charge in [-0.1, -0.05) is 27.7 Å². The van der Waals surface area contributed by atoms with Crippen molar-refractivity contribution in [2.75, 3.05) is 28.4 Å². The molecule has 0 aliphatic rings. The fraction of sp³-hybridized carbons (Fsp3) is 0.351. The van der Waals surface area contributed by atoms with Gasteiger partial charge >= 0.3 is 103 Å². The van der Waals surface area contributed by atoms with Gasteiger partial charge in [0.15, 0.2) is 0 Å². The Hall–Kier alpha value is 5.66. The Morgan fingerprint density at radius 2 is 0.524 bits per heavy atom. The number of nitrogens with two attached hydrogens (primary N) is 1. The predicted octanol–water partition coefficient (Wildman–Crippen LogP) is 4.35. The first-order chi connectivity index (χ1) is 36.6. The molecule has 103 heavy (non-hydrogen) atoms. The van der Waals surface area contributed by atoms with Gasteiger partial charge in [0.25, 0.3) is 0 Å². The smallest absolute Gasteiger partial charge is 0.870 e. The fourth-order valence-electron chi connectivity index (χ4n) is 5.83. The largest absolute Gasteiger partial charge is 2.00 e. The van der Waals surface area contributed by atoms with Crippen LogP contribution in [0.4, 0.5) is 0 Å². The molecule has 0 radical (unpaired) electrons. The SMILES string of the molecule is CC(=O)OC(C)=O.COC(=O)[C@@H](C)Cc1cc[c-]cc1.COC(=O)[C@@H](C)Cc1cc[c-]cc1.COC(=O)[C@@H](C)Cc1cc[c-]cc1.COC(=O)[C@@H](N)Cc1cc[c-]cc1.C[C@@H](Cc1cc[c-]cc1)C(=O)O.Cl.O.O.O.[Li+].[N-]=[N+]=[N-].[N-]=[N+]=[N-].[OH-].[W+2].[W+2].[W].[W].[W].[W].[W].[W].[W].[W].[W].[W].[W].[W].[W].[W].[W].[W].[W].[W]. The Balaban J connectivity index is -0.0000000223. The molecule has 0 saturated carbocycles. The van der Waals surface area contributed by atoms with Crippen molar-refractivity contribution in [1.29, 1.82) is 0 Å². The number of ether oxygens (including phenoxy) is 5. The molecule has 24 nitrogen and oxygen atoms in total. The van der Waals surface area contributed by atoms with Crippen molar-refractivity contribution in [1.82, 2.24) is 0 Å². The van der Waals surface area contributed by atoms with Crippen LogP contribution in [0, 0.1) is 54.0 Å². The van der Waals surface area contributed by atoms with Gasteiger partial charge in [-0.2, -0.15) is 179 Å². The van der Waals surface area contributed by atoms with Crippen LogP contribution < -0.4 is 24.6 Å². The van der Waals surface area contributed by atoms with Crippen molar-refractivity contribution in [3.63, 3.8) is 0 Å². The molecule has 5 aromatic carbocycles. The maximum absolute atomic E-state index is 11.1. The van der Waals surface area contributed by atoms with Gasteiger partial charge in [0.2, 0.25) is 0 Å². The minimum atomic E-state index is -0.747. The standard InChI is InChI=1S/3C11H13O2.C10H12NO2.C10H11O2.C4H6O3.ClH.Li.2N3.4H2O.20W/c3*1-9(11(12)13-2)8-10-6-4-3-5-7-10;1-13-10(12)9(11)7-8-5-3-2-4-6-8;1-8(10(11)12)7-9-5-3-2-4-6-9;1-3(5)7-4(2)6;;;2*1-3-2;;;;;;;;;;;;;;;;;;;;;;;;/h3*4-7,9H,8H2,1-2H3;3-6,9H,7,11H2,1H3;3-6,8H,7H2,1H3,(H,11,12);1-2H3;1H;;;;4*1H2;;;;;;;;;;;;;;;;;;;;/q5*-1;;;+1;2*-1;;;;;;;;;;;;;;;;;;;;;;;2*+2/p-1/t4*9-;8-;;;;;;;;;;;;;;;;;;;;;;;;;;;;;/m00000............................./s1. The number of carbonyl (C=O) groups is 7. The van der Waals surface area contributed by atoms with Gasteiger partial charge in [0.1, 0.15) is 6.04 Å². The molecule has 46 heteroatoms. The first kappa shape index (κ1) is 198. The summed E-state index contributed by atoms with van der Waals surface area (Å²) in [5.41, 5.74) is 38.0. The van der Waals surface area contributed by atoms with Crippen molar-refractivity contribution < 1.29 is 524 Å². The maximum Gasteiger partial charge on any atom is 2.00 e. The van der Waals surface area contributed by atoms with E-state index < -0.39 is 23.9 Å². The number of carboxylic acids is 1. The van der Waals surface area contributed by atoms with Gasteiger partial charge in [-0.25, -0.2) is 0 Å². The Morgan fingerprint density at radius 1 is 0.379 bits per heavy atom. The van der Waals surface area contributed by atoms with E-state index >= 15 is 0 Å². The zero-order valence-electron chi connectivity index (χ0n) is 56.6. The second-order valence-electron chi connectivity index (χ2n) is 16.0. The van der Waals surface area contributed by atoms with Gasteiger partial charge in [0.05, 0.1) is 52.1 Å². The van der Waals surface area contributed by atoms with Crippen molar-refractivity contribution in [2.45, 2.75) is 79.7 Å². The number of carboxylic acid groups (broad SMARTS) is 1. The zero-order valence-corrected chi connectivity index (χ0v) is 116. The van der Waals surface area contributed by atoms with Crippen LogP contribution in [0.1, 0.15) is 69.4 Å². The van der Waals surface area contributed by atoms with Crippen LogP contribution >= 0.6 is 12.4 Å². The number of hydrogen-bond acceptors (Lipinski definition) is 14. The Bertz CT molecular complexity index is 2300. The number of aliphatic carboxylic acids is 1. The van der Waals surface area contributed by atoms with E-state index in [1.165, 1.54) is 52.1 Å². The summed E-state index contributed by atoms with van der Waals surface area (Å²) >= 11 is 0. The van der Waals surface area contributed by atoms with Gasteiger partial charge in [-0.15, -0.1) is 12.4 Å². The molecule has 0 spiro atoms. The molecular formula is C57H76ClLiN7O17W20-3. The van der Waals surface area contributed by atoms with Crippen molar-refractivity contribution in [3.8, 4) is 0 Å². The first-order valence-corrected chi connectivity index (χ1v) is 23.3. The van der Waals surface area contributed by atoms with E-state index in [1.807, 2.05) is 118 Å². The quantitative estimate of drug-likeness (QED) is 0.0215. The molecule has 0 saturated heterocycles. The average molecular weight is 4850 g/mol. The second-order valence-corrected chi connectivity index (χ2v) is 16.0. The number of rotatable bonds is 15. The number of halogens is 1. The van der Waals surface area contributed by atoms with Gasteiger partial charge < -0.3 is 78.6 Å². The minimum Gasteiger partial charge on any atom is -0.870 e. The molecule has 0 fully saturated rings. The van der Waals surface area contributed by atoms with Crippen LogP contribution in [-0.2, 0) is 511 Å². The van der Waals surface area contributed by atoms with E-state index in [9.17, 15) is 33.6 Å². The molecule has 0 aromatic heterocycles. The molecule has 5 rings (SSSR count). The van der Waals surface area contributed by atoms with Crippen LogP contribution in [0.25, 0.3) is 31.9 Å². The molecule has 0 bridgehead atoms. The van der Waals surface area contributed by atoms with Crippen LogP contribution in [0.5, 0.6) is 0 Å². The van der Waals surface area contributed by atoms with E-state index in [2.05, 4.69) is 54.0 Å². The van der Waals surface area contributed by atoms with Crippen LogP contribution in [0.2, 0.25) is 0 Å². The number of hydrogen-bond donors (Lipinski definition) is 2. The molecule has 572 valence electrons. The summed E-state index contributed by atoms with van der Waals surface area (Å²) in [5, 5.41) is 8.64. The maximum atomic E-state index is 11.1. The van der Waals surface area contributed by atoms with Crippen molar-refractivity contribution in [3.05, 3.63) is 211 Å².